The van der Waals surface area contributed by atoms with Crippen molar-refractivity contribution in [3.63, 3.8) is 0 Å². The van der Waals surface area contributed by atoms with E-state index in [9.17, 15) is 25.6 Å². The van der Waals surface area contributed by atoms with Gasteiger partial charge in [0, 0.05) is 11.1 Å². The molecule has 0 fully saturated rings. The first-order chi connectivity index (χ1) is 9.41. The summed E-state index contributed by atoms with van der Waals surface area (Å²) in [7, 11) is 0. The van der Waals surface area contributed by atoms with Gasteiger partial charge in [0.05, 0.1) is 0 Å². The summed E-state index contributed by atoms with van der Waals surface area (Å²) in [5.74, 6) is -0.309. The molecule has 0 radical (unpaired) electrons. The quantitative estimate of drug-likeness (QED) is 0.502. The van der Waals surface area contributed by atoms with Crippen LogP contribution in [0, 0.1) is 13.8 Å². The number of ketones is 1. The molecule has 0 atom stereocenters. The van der Waals surface area contributed by atoms with Gasteiger partial charge in [-0.15, -0.1) is 10.5 Å². The summed E-state index contributed by atoms with van der Waals surface area (Å²) in [5.41, 5.74) is 0.527. The molecule has 4 N–H and O–H groups in total. The predicted octanol–water partition coefficient (Wildman–Crippen LogP) is 2.97. The highest BCUT2D eigenvalue weighted by Crippen LogP contribution is 2.44. The molecule has 7 heteroatoms. The molecular weight excluding hydrogens is 276 g/mol. The number of benzene rings is 1. The molecule has 0 aromatic heterocycles. The average molecular weight is 298 g/mol. The largest absolute Gasteiger partial charge is 0.294 e. The number of hydrogen-bond donors (Lipinski definition) is 4. The summed E-state index contributed by atoms with van der Waals surface area (Å²) >= 11 is 0. The topological polar surface area (TPSA) is 104 Å². The Kier molecular flexibility index (Phi) is 4.64. The van der Waals surface area contributed by atoms with Crippen LogP contribution in [0.4, 0.5) is 11.4 Å². The van der Waals surface area contributed by atoms with Gasteiger partial charge in [-0.2, -0.15) is 0 Å². The van der Waals surface area contributed by atoms with E-state index in [0.29, 0.717) is 16.7 Å². The molecule has 0 aliphatic rings. The lowest BCUT2D eigenvalue weighted by molar-refractivity contribution is 0.0237. The molecule has 0 amide bonds. The third-order valence-corrected chi connectivity index (χ3v) is 3.44. The molecule has 1 aromatic carbocycles. The van der Waals surface area contributed by atoms with E-state index in [2.05, 4.69) is 0 Å². The molecule has 21 heavy (non-hydrogen) atoms. The van der Waals surface area contributed by atoms with Crippen molar-refractivity contribution in [3.8, 4) is 0 Å². The van der Waals surface area contributed by atoms with Gasteiger partial charge in [0.1, 0.15) is 11.4 Å². The molecule has 7 nitrogen and oxygen atoms in total. The SMILES string of the molecule is CC(=O)c1c(C)c(N(O)O)c(C(C)(C)C)c(N(O)O)c1C. The highest BCUT2D eigenvalue weighted by atomic mass is 16.8. The number of carbonyl (C=O) groups is 1. The van der Waals surface area contributed by atoms with E-state index in [0.717, 1.165) is 0 Å². The fraction of sp³-hybridized carbons (Fsp3) is 0.500. The van der Waals surface area contributed by atoms with Crippen LogP contribution in [0.3, 0.4) is 0 Å². The van der Waals surface area contributed by atoms with Gasteiger partial charge in [0.25, 0.3) is 0 Å². The second-order valence-electron chi connectivity index (χ2n) is 6.08. The van der Waals surface area contributed by atoms with E-state index in [4.69, 9.17) is 0 Å². The Balaban J connectivity index is 4.06. The zero-order valence-electron chi connectivity index (χ0n) is 13.1. The van der Waals surface area contributed by atoms with Crippen LogP contribution in [0.15, 0.2) is 0 Å². The number of hydrogen-bond acceptors (Lipinski definition) is 7. The van der Waals surface area contributed by atoms with Crippen molar-refractivity contribution in [2.75, 3.05) is 10.5 Å². The number of nitrogens with zero attached hydrogens (tertiary/aromatic N) is 2. The molecule has 0 aliphatic heterocycles. The predicted molar refractivity (Wildman–Crippen MR) is 76.7 cm³/mol. The number of anilines is 2. The molecule has 0 unspecified atom stereocenters. The molecule has 1 aromatic rings. The van der Waals surface area contributed by atoms with E-state index in [1.165, 1.54) is 6.92 Å². The van der Waals surface area contributed by atoms with Gasteiger partial charge in [-0.3, -0.25) is 25.6 Å². The van der Waals surface area contributed by atoms with E-state index in [-0.39, 0.29) is 33.2 Å². The minimum absolute atomic E-state index is 0.0404. The van der Waals surface area contributed by atoms with E-state index in [1.54, 1.807) is 34.6 Å². The van der Waals surface area contributed by atoms with Crippen LogP contribution in [-0.4, -0.2) is 26.6 Å². The zero-order valence-corrected chi connectivity index (χ0v) is 13.1. The van der Waals surface area contributed by atoms with Crippen molar-refractivity contribution >= 4 is 17.2 Å². The van der Waals surface area contributed by atoms with Crippen LogP contribution in [0.25, 0.3) is 0 Å². The second-order valence-corrected chi connectivity index (χ2v) is 6.08. The molecule has 1 rings (SSSR count). The summed E-state index contributed by atoms with van der Waals surface area (Å²) < 4.78 is 0. The van der Waals surface area contributed by atoms with E-state index >= 15 is 0 Å². The van der Waals surface area contributed by atoms with Crippen molar-refractivity contribution in [1.29, 1.82) is 0 Å². The normalized spacial score (nSPS) is 11.5. The van der Waals surface area contributed by atoms with Crippen LogP contribution in [0.5, 0.6) is 0 Å². The lowest BCUT2D eigenvalue weighted by Gasteiger charge is -2.32. The standard InChI is InChI=1S/C14H22N2O5/c1-7-10(9(3)17)8(2)13(16(20)21)11(14(4,5)6)12(7)15(18)19/h18-21H,1-6H3. The second kappa shape index (κ2) is 5.61. The first kappa shape index (κ1) is 17.4. The molecule has 0 bridgehead atoms. The lowest BCUT2D eigenvalue weighted by Crippen LogP contribution is -2.28. The van der Waals surface area contributed by atoms with Crippen LogP contribution in [0.1, 0.15) is 54.7 Å². The summed E-state index contributed by atoms with van der Waals surface area (Å²) in [6, 6.07) is 0. The lowest BCUT2D eigenvalue weighted by atomic mass is 9.79. The smallest absolute Gasteiger partial charge is 0.160 e. The highest BCUT2D eigenvalue weighted by Gasteiger charge is 2.32. The van der Waals surface area contributed by atoms with E-state index in [1.807, 2.05) is 0 Å². The van der Waals surface area contributed by atoms with Gasteiger partial charge in [0.2, 0.25) is 0 Å². The highest BCUT2D eigenvalue weighted by molar-refractivity contribution is 6.01. The molecule has 0 saturated carbocycles. The van der Waals surface area contributed by atoms with Gasteiger partial charge in [0.15, 0.2) is 5.78 Å². The Labute approximate surface area is 123 Å². The number of Topliss-reactive ketones (excluding diaryl/α,β-unsaturated/α-hetero) is 1. The van der Waals surface area contributed by atoms with Crippen LogP contribution in [0.2, 0.25) is 0 Å². The number of rotatable bonds is 3. The van der Waals surface area contributed by atoms with Gasteiger partial charge < -0.3 is 0 Å². The Morgan fingerprint density at radius 3 is 1.43 bits per heavy atom. The molecule has 0 saturated heterocycles. The Hall–Kier alpha value is -1.67. The van der Waals surface area contributed by atoms with Crippen molar-refractivity contribution in [1.82, 2.24) is 0 Å². The van der Waals surface area contributed by atoms with Crippen LogP contribution < -0.4 is 10.5 Å². The molecule has 0 spiro atoms. The van der Waals surface area contributed by atoms with Gasteiger partial charge >= 0.3 is 0 Å². The van der Waals surface area contributed by atoms with Gasteiger partial charge in [-0.1, -0.05) is 20.8 Å². The Morgan fingerprint density at radius 1 is 0.905 bits per heavy atom. The maximum atomic E-state index is 11.8. The summed E-state index contributed by atoms with van der Waals surface area (Å²) in [5, 5.41) is 38.0. The molecule has 0 aliphatic carbocycles. The summed E-state index contributed by atoms with van der Waals surface area (Å²) in [6.07, 6.45) is 0. The van der Waals surface area contributed by atoms with Crippen molar-refractivity contribution in [2.45, 2.75) is 47.0 Å². The minimum Gasteiger partial charge on any atom is -0.294 e. The maximum absolute atomic E-state index is 11.8. The van der Waals surface area contributed by atoms with E-state index < -0.39 is 5.41 Å². The molecule has 118 valence electrons. The average Bonchev–Trinajstić information content (AvgIpc) is 2.24. The third kappa shape index (κ3) is 3.01. The van der Waals surface area contributed by atoms with Gasteiger partial charge in [-0.25, -0.2) is 0 Å². The summed E-state index contributed by atoms with van der Waals surface area (Å²) in [6.45, 7) is 9.85. The van der Waals surface area contributed by atoms with Crippen LogP contribution >= 0.6 is 0 Å². The van der Waals surface area contributed by atoms with Crippen molar-refractivity contribution < 1.29 is 25.6 Å². The summed E-state index contributed by atoms with van der Waals surface area (Å²) in [4.78, 5) is 11.8. The fourth-order valence-electron chi connectivity index (χ4n) is 2.74. The zero-order chi connectivity index (χ0) is 16.7. The van der Waals surface area contributed by atoms with Crippen LogP contribution in [-0.2, 0) is 5.41 Å². The van der Waals surface area contributed by atoms with Crippen molar-refractivity contribution in [2.24, 2.45) is 0 Å². The maximum Gasteiger partial charge on any atom is 0.160 e. The molecule has 0 heterocycles. The Morgan fingerprint density at radius 2 is 1.24 bits per heavy atom. The van der Waals surface area contributed by atoms with Gasteiger partial charge in [-0.05, 0) is 37.3 Å². The molecular formula is C14H22N2O5. The fourth-order valence-corrected chi connectivity index (χ4v) is 2.74. The minimum atomic E-state index is -0.636. The Bertz CT molecular complexity index is 539. The number of carbonyl (C=O) groups excluding carboxylic acids is 1. The first-order valence-corrected chi connectivity index (χ1v) is 6.45. The third-order valence-electron chi connectivity index (χ3n) is 3.44. The first-order valence-electron chi connectivity index (χ1n) is 6.45. The van der Waals surface area contributed by atoms with Crippen molar-refractivity contribution in [3.05, 3.63) is 22.3 Å². The monoisotopic (exact) mass is 298 g/mol.